The van der Waals surface area contributed by atoms with Gasteiger partial charge in [0.15, 0.2) is 17.5 Å². The van der Waals surface area contributed by atoms with Gasteiger partial charge < -0.3 is 8.98 Å². The quantitative estimate of drug-likeness (QED) is 0.182. The molecule has 5 nitrogen and oxygen atoms in total. The maximum atomic E-state index is 6.85. The van der Waals surface area contributed by atoms with Crippen molar-refractivity contribution in [2.45, 2.75) is 0 Å². The lowest BCUT2D eigenvalue weighted by atomic mass is 10.0. The van der Waals surface area contributed by atoms with Crippen LogP contribution in [0.5, 0.6) is 0 Å². The van der Waals surface area contributed by atoms with Crippen molar-refractivity contribution in [3.63, 3.8) is 0 Å². The topological polar surface area (TPSA) is 56.7 Å². The Hall–Kier alpha value is -7.63. The molecule has 0 amide bonds. The number of hydrogen-bond donors (Lipinski definition) is 0. The first kappa shape index (κ1) is 30.8. The van der Waals surface area contributed by atoms with E-state index in [2.05, 4.69) is 126 Å². The second-order valence-corrected chi connectivity index (χ2v) is 14.4. The standard InChI is InChI=1S/C51H30N4O/c1-3-14-32(15-4-1)49-52-50(33-16-5-2-6-17-33)54-51(53-49)36-24-25-39-43-30-45(38-21-11-12-22-41(38)48(43)56-46(39)29-36)55-44-28-35-19-8-7-18-34(35)27-42(44)40-26-23-31-13-9-10-20-37(31)47(40)55/h1-30H. The summed E-state index contributed by atoms with van der Waals surface area (Å²) in [6, 6.07) is 64.0. The highest BCUT2D eigenvalue weighted by Gasteiger charge is 2.21. The summed E-state index contributed by atoms with van der Waals surface area (Å²) in [4.78, 5) is 14.9. The molecule has 0 unspecified atom stereocenters. The van der Waals surface area contributed by atoms with E-state index in [9.17, 15) is 0 Å². The van der Waals surface area contributed by atoms with E-state index < -0.39 is 0 Å². The predicted octanol–water partition coefficient (Wildman–Crippen LogP) is 13.3. The lowest BCUT2D eigenvalue weighted by Gasteiger charge is -2.14. The zero-order chi connectivity index (χ0) is 36.7. The van der Waals surface area contributed by atoms with Crippen molar-refractivity contribution in [1.82, 2.24) is 19.5 Å². The molecule has 56 heavy (non-hydrogen) atoms. The van der Waals surface area contributed by atoms with Crippen LogP contribution in [-0.4, -0.2) is 19.5 Å². The number of furan rings is 1. The molecule has 0 aliphatic heterocycles. The highest BCUT2D eigenvalue weighted by molar-refractivity contribution is 6.23. The highest BCUT2D eigenvalue weighted by atomic mass is 16.3. The molecule has 0 atom stereocenters. The molecular weight excluding hydrogens is 685 g/mol. The van der Waals surface area contributed by atoms with Crippen LogP contribution in [0.3, 0.4) is 0 Å². The molecule has 0 aliphatic carbocycles. The Bertz CT molecular complexity index is 3470. The normalized spacial score (nSPS) is 11.9. The maximum Gasteiger partial charge on any atom is 0.164 e. The number of hydrogen-bond acceptors (Lipinski definition) is 4. The lowest BCUT2D eigenvalue weighted by Crippen LogP contribution is -2.00. The van der Waals surface area contributed by atoms with E-state index in [4.69, 9.17) is 19.4 Å². The van der Waals surface area contributed by atoms with Gasteiger partial charge in [0.25, 0.3) is 0 Å². The molecule has 0 saturated carbocycles. The average Bonchev–Trinajstić information content (AvgIpc) is 3.80. The lowest BCUT2D eigenvalue weighted by molar-refractivity contribution is 0.672. The predicted molar refractivity (Wildman–Crippen MR) is 230 cm³/mol. The van der Waals surface area contributed by atoms with Crippen LogP contribution in [-0.2, 0) is 0 Å². The van der Waals surface area contributed by atoms with Crippen LogP contribution < -0.4 is 0 Å². The van der Waals surface area contributed by atoms with Crippen molar-refractivity contribution in [2.75, 3.05) is 0 Å². The van der Waals surface area contributed by atoms with E-state index >= 15 is 0 Å². The SMILES string of the molecule is c1ccc(-c2nc(-c3ccccc3)nc(-c3ccc4c(c3)oc3c5ccccc5c(-n5c6cc7ccccc7cc6c6ccc7ccccc7c65)cc43)n2)cc1. The zero-order valence-electron chi connectivity index (χ0n) is 30.0. The van der Waals surface area contributed by atoms with Crippen LogP contribution in [0, 0.1) is 0 Å². The highest BCUT2D eigenvalue weighted by Crippen LogP contribution is 2.43. The molecule has 0 fully saturated rings. The van der Waals surface area contributed by atoms with E-state index in [0.717, 1.165) is 55.1 Å². The molecule has 12 rings (SSSR count). The van der Waals surface area contributed by atoms with E-state index in [-0.39, 0.29) is 0 Å². The van der Waals surface area contributed by atoms with Gasteiger partial charge in [0.05, 0.1) is 16.7 Å². The molecule has 3 aromatic heterocycles. The first-order valence-corrected chi connectivity index (χ1v) is 18.9. The molecule has 260 valence electrons. The number of nitrogens with zero attached hydrogens (tertiary/aromatic N) is 4. The smallest absolute Gasteiger partial charge is 0.164 e. The second kappa shape index (κ2) is 11.9. The number of fused-ring (bicyclic) bond motifs is 11. The molecule has 0 aliphatic rings. The summed E-state index contributed by atoms with van der Waals surface area (Å²) in [7, 11) is 0. The fourth-order valence-corrected chi connectivity index (χ4v) is 8.55. The van der Waals surface area contributed by atoms with Crippen molar-refractivity contribution >= 4 is 76.1 Å². The van der Waals surface area contributed by atoms with Gasteiger partial charge in [0.2, 0.25) is 0 Å². The van der Waals surface area contributed by atoms with Gasteiger partial charge in [0, 0.05) is 54.4 Å². The Kier molecular flexibility index (Phi) is 6.56. The molecule has 0 radical (unpaired) electrons. The Balaban J connectivity index is 1.12. The molecule has 3 heterocycles. The Labute approximate surface area is 320 Å². The monoisotopic (exact) mass is 714 g/mol. The van der Waals surface area contributed by atoms with Gasteiger partial charge in [-0.3, -0.25) is 0 Å². The summed E-state index contributed by atoms with van der Waals surface area (Å²) < 4.78 is 9.33. The molecule has 0 bridgehead atoms. The molecule has 0 N–H and O–H groups in total. The maximum absolute atomic E-state index is 6.85. The van der Waals surface area contributed by atoms with Crippen molar-refractivity contribution in [3.8, 4) is 39.9 Å². The van der Waals surface area contributed by atoms with Gasteiger partial charge in [-0.25, -0.2) is 15.0 Å². The first-order chi connectivity index (χ1) is 27.7. The summed E-state index contributed by atoms with van der Waals surface area (Å²) in [5.41, 5.74) is 7.85. The van der Waals surface area contributed by atoms with Gasteiger partial charge in [-0.1, -0.05) is 152 Å². The summed E-state index contributed by atoms with van der Waals surface area (Å²) >= 11 is 0. The van der Waals surface area contributed by atoms with Crippen molar-refractivity contribution in [1.29, 1.82) is 0 Å². The van der Waals surface area contributed by atoms with Crippen molar-refractivity contribution in [3.05, 3.63) is 182 Å². The Morgan fingerprint density at radius 2 is 0.929 bits per heavy atom. The molecular formula is C51H30N4O. The van der Waals surface area contributed by atoms with Crippen molar-refractivity contribution in [2.24, 2.45) is 0 Å². The minimum absolute atomic E-state index is 0.593. The molecule has 12 aromatic rings. The fourth-order valence-electron chi connectivity index (χ4n) is 8.55. The van der Waals surface area contributed by atoms with Crippen LogP contribution in [0.4, 0.5) is 0 Å². The van der Waals surface area contributed by atoms with E-state index in [1.165, 1.54) is 43.4 Å². The van der Waals surface area contributed by atoms with E-state index in [0.29, 0.717) is 17.5 Å². The van der Waals surface area contributed by atoms with Crippen LogP contribution in [0.2, 0.25) is 0 Å². The summed E-state index contributed by atoms with van der Waals surface area (Å²) in [6.45, 7) is 0. The summed E-state index contributed by atoms with van der Waals surface area (Å²) in [5.74, 6) is 1.84. The molecule has 9 aromatic carbocycles. The number of rotatable bonds is 4. The summed E-state index contributed by atoms with van der Waals surface area (Å²) in [6.07, 6.45) is 0. The number of benzene rings is 9. The van der Waals surface area contributed by atoms with Crippen LogP contribution in [0.15, 0.2) is 186 Å². The minimum atomic E-state index is 0.593. The largest absolute Gasteiger partial charge is 0.455 e. The Morgan fingerprint density at radius 1 is 0.357 bits per heavy atom. The fraction of sp³-hybridized carbons (Fsp3) is 0. The second-order valence-electron chi connectivity index (χ2n) is 14.4. The van der Waals surface area contributed by atoms with Gasteiger partial charge in [-0.15, -0.1) is 0 Å². The van der Waals surface area contributed by atoms with Crippen molar-refractivity contribution < 1.29 is 4.42 Å². The first-order valence-electron chi connectivity index (χ1n) is 18.9. The van der Waals surface area contributed by atoms with E-state index in [1.807, 2.05) is 60.7 Å². The minimum Gasteiger partial charge on any atom is -0.455 e. The number of aromatic nitrogens is 4. The molecule has 0 saturated heterocycles. The third-order valence-electron chi connectivity index (χ3n) is 11.2. The zero-order valence-corrected chi connectivity index (χ0v) is 30.0. The third kappa shape index (κ3) is 4.64. The van der Waals surface area contributed by atoms with E-state index in [1.54, 1.807) is 0 Å². The van der Waals surface area contributed by atoms with Gasteiger partial charge in [-0.2, -0.15) is 0 Å². The van der Waals surface area contributed by atoms with Gasteiger partial charge in [-0.05, 0) is 46.5 Å². The molecule has 5 heteroatoms. The van der Waals surface area contributed by atoms with Gasteiger partial charge in [0.1, 0.15) is 11.2 Å². The average molecular weight is 715 g/mol. The third-order valence-corrected chi connectivity index (χ3v) is 11.2. The van der Waals surface area contributed by atoms with Crippen LogP contribution in [0.25, 0.3) is 116 Å². The molecule has 0 spiro atoms. The van der Waals surface area contributed by atoms with Gasteiger partial charge >= 0.3 is 0 Å². The Morgan fingerprint density at radius 3 is 1.64 bits per heavy atom. The summed E-state index contributed by atoms with van der Waals surface area (Å²) in [5, 5.41) is 11.6. The van der Waals surface area contributed by atoms with Crippen LogP contribution in [0.1, 0.15) is 0 Å². The van der Waals surface area contributed by atoms with Crippen LogP contribution >= 0.6 is 0 Å².